The van der Waals surface area contributed by atoms with Crippen LogP contribution < -0.4 is 15.8 Å². The van der Waals surface area contributed by atoms with E-state index in [9.17, 15) is 9.59 Å². The minimum Gasteiger partial charge on any atom is -0.446 e. The number of amides is 2. The van der Waals surface area contributed by atoms with Crippen LogP contribution in [0.3, 0.4) is 0 Å². The van der Waals surface area contributed by atoms with Gasteiger partial charge in [-0.15, -0.1) is 0 Å². The highest BCUT2D eigenvalue weighted by atomic mass is 16.6. The average molecular weight is 362 g/mol. The van der Waals surface area contributed by atoms with Gasteiger partial charge < -0.3 is 20.5 Å². The molecule has 1 saturated carbocycles. The summed E-state index contributed by atoms with van der Waals surface area (Å²) < 4.78 is 10.7. The summed E-state index contributed by atoms with van der Waals surface area (Å²) in [6.07, 6.45) is 1.60. The van der Waals surface area contributed by atoms with Crippen molar-refractivity contribution in [3.63, 3.8) is 0 Å². The largest absolute Gasteiger partial charge is 0.446 e. The van der Waals surface area contributed by atoms with Crippen LogP contribution in [0.4, 0.5) is 9.59 Å². The van der Waals surface area contributed by atoms with Gasteiger partial charge in [0, 0.05) is 6.04 Å². The second kappa shape index (κ2) is 7.98. The maximum Gasteiger partial charge on any atom is 0.412 e. The van der Waals surface area contributed by atoms with Gasteiger partial charge in [-0.1, -0.05) is 45.9 Å². The molecule has 0 bridgehead atoms. The van der Waals surface area contributed by atoms with Crippen molar-refractivity contribution in [3.05, 3.63) is 30.3 Å². The zero-order chi connectivity index (χ0) is 19.4. The lowest BCUT2D eigenvalue weighted by Crippen LogP contribution is -2.53. The molecule has 0 saturated heterocycles. The highest BCUT2D eigenvalue weighted by Crippen LogP contribution is 2.49. The zero-order valence-corrected chi connectivity index (χ0v) is 16.1. The van der Waals surface area contributed by atoms with E-state index < -0.39 is 12.2 Å². The molecule has 3 atom stereocenters. The monoisotopic (exact) mass is 362 g/mol. The summed E-state index contributed by atoms with van der Waals surface area (Å²) in [6.45, 7) is 8.46. The number of nitrogens with two attached hydrogens (primary N) is 1. The van der Waals surface area contributed by atoms with Crippen LogP contribution in [0.25, 0.3) is 0 Å². The molecule has 144 valence electrons. The van der Waals surface area contributed by atoms with E-state index in [1.807, 2.05) is 25.1 Å². The van der Waals surface area contributed by atoms with Crippen LogP contribution in [0, 0.1) is 10.8 Å². The van der Waals surface area contributed by atoms with Crippen molar-refractivity contribution in [3.8, 4) is 5.75 Å². The van der Waals surface area contributed by atoms with Gasteiger partial charge in [0.05, 0.1) is 0 Å². The molecule has 2 rings (SSSR count). The summed E-state index contributed by atoms with van der Waals surface area (Å²) in [7, 11) is 0. The molecule has 3 N–H and O–H groups in total. The number of para-hydroxylation sites is 1. The Bertz CT molecular complexity index is 632. The molecule has 0 aromatic heterocycles. The van der Waals surface area contributed by atoms with E-state index in [2.05, 4.69) is 26.1 Å². The topological polar surface area (TPSA) is 90.7 Å². The van der Waals surface area contributed by atoms with Gasteiger partial charge in [0.1, 0.15) is 11.9 Å². The lowest BCUT2D eigenvalue weighted by Gasteiger charge is -2.49. The number of rotatable bonds is 5. The first kappa shape index (κ1) is 20.1. The normalized spacial score (nSPS) is 25.8. The summed E-state index contributed by atoms with van der Waals surface area (Å²) in [4.78, 5) is 23.6. The first-order chi connectivity index (χ1) is 12.1. The van der Waals surface area contributed by atoms with Crippen LogP contribution in [0.2, 0.25) is 0 Å². The van der Waals surface area contributed by atoms with E-state index in [1.165, 1.54) is 0 Å². The Morgan fingerprint density at radius 3 is 2.46 bits per heavy atom. The van der Waals surface area contributed by atoms with E-state index >= 15 is 0 Å². The van der Waals surface area contributed by atoms with E-state index in [0.717, 1.165) is 19.3 Å². The van der Waals surface area contributed by atoms with Crippen molar-refractivity contribution in [1.82, 2.24) is 5.32 Å². The highest BCUT2D eigenvalue weighted by Gasteiger charge is 2.46. The summed E-state index contributed by atoms with van der Waals surface area (Å²) in [5, 5.41) is 3.00. The van der Waals surface area contributed by atoms with Gasteiger partial charge in [0.15, 0.2) is 0 Å². The van der Waals surface area contributed by atoms with Gasteiger partial charge in [-0.3, -0.25) is 0 Å². The molecule has 0 spiro atoms. The van der Waals surface area contributed by atoms with Crippen LogP contribution >= 0.6 is 0 Å². The Labute approximate surface area is 155 Å². The lowest BCUT2D eigenvalue weighted by molar-refractivity contribution is -0.0329. The standard InChI is InChI=1S/C20H30N2O4/c1-5-16(22-18(24)26-14-9-7-6-8-10-14)20(4)12-15(25-17(21)23)11-19(2,3)13-20/h6-10,15-16H,5,11-13H2,1-4H3,(H2,21,23)(H,22,24). The number of hydrogen-bond acceptors (Lipinski definition) is 4. The SMILES string of the molecule is CCC(NC(=O)Oc1ccccc1)C1(C)CC(OC(N)=O)CC(C)(C)C1. The van der Waals surface area contributed by atoms with Crippen molar-refractivity contribution in [2.24, 2.45) is 16.6 Å². The molecule has 0 aliphatic heterocycles. The number of ether oxygens (including phenoxy) is 2. The molecule has 6 nitrogen and oxygen atoms in total. The fourth-order valence-electron chi connectivity index (χ4n) is 4.50. The molecule has 2 amide bonds. The lowest BCUT2D eigenvalue weighted by atomic mass is 9.60. The molecule has 0 radical (unpaired) electrons. The maximum atomic E-state index is 12.3. The van der Waals surface area contributed by atoms with E-state index in [1.54, 1.807) is 12.1 Å². The van der Waals surface area contributed by atoms with Gasteiger partial charge >= 0.3 is 12.2 Å². The molecule has 6 heteroatoms. The molecule has 1 aromatic carbocycles. The zero-order valence-electron chi connectivity index (χ0n) is 16.1. The third-order valence-electron chi connectivity index (χ3n) is 5.13. The van der Waals surface area contributed by atoms with Crippen molar-refractivity contribution < 1.29 is 19.1 Å². The van der Waals surface area contributed by atoms with Crippen LogP contribution in [0.1, 0.15) is 53.4 Å². The third-order valence-corrected chi connectivity index (χ3v) is 5.13. The van der Waals surface area contributed by atoms with E-state index in [-0.39, 0.29) is 23.0 Å². The molecule has 3 unspecified atom stereocenters. The molecule has 1 aliphatic rings. The summed E-state index contributed by atoms with van der Waals surface area (Å²) in [6, 6.07) is 8.87. The smallest absolute Gasteiger partial charge is 0.412 e. The summed E-state index contributed by atoms with van der Waals surface area (Å²) in [5.74, 6) is 0.504. The minimum atomic E-state index is -0.750. The molecule has 1 fully saturated rings. The van der Waals surface area contributed by atoms with Gasteiger partial charge in [-0.05, 0) is 48.6 Å². The van der Waals surface area contributed by atoms with E-state index in [0.29, 0.717) is 12.2 Å². The predicted octanol–water partition coefficient (Wildman–Crippen LogP) is 4.23. The average Bonchev–Trinajstić information content (AvgIpc) is 2.50. The van der Waals surface area contributed by atoms with Gasteiger partial charge in [0.25, 0.3) is 0 Å². The molecule has 26 heavy (non-hydrogen) atoms. The van der Waals surface area contributed by atoms with Crippen molar-refractivity contribution >= 4 is 12.2 Å². The fraction of sp³-hybridized carbons (Fsp3) is 0.600. The van der Waals surface area contributed by atoms with Crippen molar-refractivity contribution in [2.75, 3.05) is 0 Å². The quantitative estimate of drug-likeness (QED) is 0.820. The Morgan fingerprint density at radius 2 is 1.88 bits per heavy atom. The van der Waals surface area contributed by atoms with Crippen molar-refractivity contribution in [2.45, 2.75) is 65.5 Å². The second-order valence-electron chi connectivity index (χ2n) is 8.27. The third kappa shape index (κ3) is 5.38. The van der Waals surface area contributed by atoms with Crippen LogP contribution in [0.5, 0.6) is 5.75 Å². The molecular weight excluding hydrogens is 332 g/mol. The number of carbonyl (C=O) groups excluding carboxylic acids is 2. The number of primary amides is 1. The van der Waals surface area contributed by atoms with E-state index in [4.69, 9.17) is 15.2 Å². The maximum absolute atomic E-state index is 12.3. The molecule has 1 aliphatic carbocycles. The molecule has 0 heterocycles. The Balaban J connectivity index is 2.10. The Morgan fingerprint density at radius 1 is 1.23 bits per heavy atom. The number of hydrogen-bond donors (Lipinski definition) is 2. The number of benzene rings is 1. The predicted molar refractivity (Wildman–Crippen MR) is 99.9 cm³/mol. The van der Waals surface area contributed by atoms with Crippen LogP contribution in [0.15, 0.2) is 30.3 Å². The first-order valence-electron chi connectivity index (χ1n) is 9.13. The number of carbonyl (C=O) groups is 2. The number of nitrogens with one attached hydrogen (secondary N) is 1. The van der Waals surface area contributed by atoms with Gasteiger partial charge in [0.2, 0.25) is 0 Å². The first-order valence-corrected chi connectivity index (χ1v) is 9.13. The highest BCUT2D eigenvalue weighted by molar-refractivity contribution is 5.70. The van der Waals surface area contributed by atoms with Gasteiger partial charge in [-0.2, -0.15) is 0 Å². The minimum absolute atomic E-state index is 0.0223. The van der Waals surface area contributed by atoms with Gasteiger partial charge in [-0.25, -0.2) is 9.59 Å². The molecular formula is C20H30N2O4. The second-order valence-corrected chi connectivity index (χ2v) is 8.27. The summed E-state index contributed by atoms with van der Waals surface area (Å²) in [5.41, 5.74) is 4.97. The Hall–Kier alpha value is -2.24. The molecule has 1 aromatic rings. The Kier molecular flexibility index (Phi) is 6.16. The summed E-state index contributed by atoms with van der Waals surface area (Å²) >= 11 is 0. The van der Waals surface area contributed by atoms with Crippen molar-refractivity contribution in [1.29, 1.82) is 0 Å². The van der Waals surface area contributed by atoms with Crippen LogP contribution in [-0.4, -0.2) is 24.3 Å². The van der Waals surface area contributed by atoms with Crippen LogP contribution in [-0.2, 0) is 4.74 Å². The fourth-order valence-corrected chi connectivity index (χ4v) is 4.50.